The predicted octanol–water partition coefficient (Wildman–Crippen LogP) is 2.06. The number of urea groups is 1. The summed E-state index contributed by atoms with van der Waals surface area (Å²) >= 11 is 0.803. The molecule has 0 spiro atoms. The number of nitrogens with zero attached hydrogens (tertiary/aromatic N) is 3. The summed E-state index contributed by atoms with van der Waals surface area (Å²) in [5.74, 6) is -1.24. The standard InChI is InChI=1S/C10H8N4O3S.C3H9N/c15-9(16)7-8(18-14-13-7)12-10(17)11-6-4-2-1-3-5-6;1-4(2)3/h1-5H,(H,15,16)(H2,11,12,17);1-3H3. The highest BCUT2D eigenvalue weighted by Crippen LogP contribution is 2.17. The van der Waals surface area contributed by atoms with E-state index in [-0.39, 0.29) is 10.7 Å². The van der Waals surface area contributed by atoms with Crippen LogP contribution in [-0.4, -0.2) is 52.7 Å². The van der Waals surface area contributed by atoms with Crippen molar-refractivity contribution in [1.29, 1.82) is 0 Å². The van der Waals surface area contributed by atoms with Crippen LogP contribution in [0.5, 0.6) is 0 Å². The first-order chi connectivity index (χ1) is 10.4. The first-order valence-corrected chi connectivity index (χ1v) is 6.97. The molecule has 2 aromatic rings. The van der Waals surface area contributed by atoms with E-state index in [4.69, 9.17) is 5.11 Å². The van der Waals surface area contributed by atoms with Crippen molar-refractivity contribution in [3.63, 3.8) is 0 Å². The second-order valence-electron chi connectivity index (χ2n) is 4.54. The minimum absolute atomic E-state index is 0.0935. The summed E-state index contributed by atoms with van der Waals surface area (Å²) in [4.78, 5) is 24.3. The summed E-state index contributed by atoms with van der Waals surface area (Å²) in [5.41, 5.74) is 0.326. The van der Waals surface area contributed by atoms with Gasteiger partial charge in [-0.15, -0.1) is 5.10 Å². The summed E-state index contributed by atoms with van der Waals surface area (Å²) in [6.07, 6.45) is 0. The highest BCUT2D eigenvalue weighted by Gasteiger charge is 2.17. The minimum atomic E-state index is -1.24. The van der Waals surface area contributed by atoms with Crippen molar-refractivity contribution < 1.29 is 14.7 Å². The number of carbonyl (C=O) groups excluding carboxylic acids is 1. The monoisotopic (exact) mass is 323 g/mol. The van der Waals surface area contributed by atoms with E-state index < -0.39 is 12.0 Å². The fourth-order valence-electron chi connectivity index (χ4n) is 1.20. The number of carbonyl (C=O) groups is 2. The lowest BCUT2D eigenvalue weighted by Crippen LogP contribution is -2.20. The third kappa shape index (κ3) is 6.29. The van der Waals surface area contributed by atoms with Gasteiger partial charge in [0.2, 0.25) is 5.69 Å². The molecule has 0 unspecified atom stereocenters. The fraction of sp³-hybridized carbons (Fsp3) is 0.231. The second-order valence-corrected chi connectivity index (χ2v) is 5.30. The van der Waals surface area contributed by atoms with Gasteiger partial charge < -0.3 is 15.3 Å². The molecule has 1 aromatic heterocycles. The SMILES string of the molecule is CN(C)C.O=C(Nc1ccccc1)Nc1snnc1C(=O)O. The number of carboxylic acid groups (broad SMARTS) is 1. The Morgan fingerprint density at radius 1 is 1.14 bits per heavy atom. The largest absolute Gasteiger partial charge is 0.476 e. The lowest BCUT2D eigenvalue weighted by molar-refractivity contribution is 0.0691. The number of aromatic nitrogens is 2. The molecule has 0 atom stereocenters. The number of hydrogen-bond donors (Lipinski definition) is 3. The Morgan fingerprint density at radius 3 is 2.27 bits per heavy atom. The molecule has 2 amide bonds. The van der Waals surface area contributed by atoms with Crippen LogP contribution in [0.2, 0.25) is 0 Å². The second kappa shape index (κ2) is 8.70. The van der Waals surface area contributed by atoms with Gasteiger partial charge >= 0.3 is 12.0 Å². The third-order valence-electron chi connectivity index (χ3n) is 1.95. The van der Waals surface area contributed by atoms with Crippen LogP contribution in [0.1, 0.15) is 10.5 Å². The number of carboxylic acids is 1. The lowest BCUT2D eigenvalue weighted by atomic mass is 10.3. The molecule has 0 aliphatic carbocycles. The van der Waals surface area contributed by atoms with E-state index in [9.17, 15) is 9.59 Å². The Balaban J connectivity index is 0.000000541. The Labute approximate surface area is 131 Å². The molecular weight excluding hydrogens is 306 g/mol. The smallest absolute Gasteiger partial charge is 0.359 e. The first-order valence-electron chi connectivity index (χ1n) is 6.19. The van der Waals surface area contributed by atoms with Crippen LogP contribution in [0.4, 0.5) is 15.5 Å². The van der Waals surface area contributed by atoms with Crippen LogP contribution in [0.15, 0.2) is 30.3 Å². The topological polar surface area (TPSA) is 107 Å². The number of para-hydroxylation sites is 1. The Bertz CT molecular complexity index is 612. The van der Waals surface area contributed by atoms with Crippen LogP contribution in [-0.2, 0) is 0 Å². The Kier molecular flexibility index (Phi) is 6.93. The van der Waals surface area contributed by atoms with E-state index in [1.807, 2.05) is 32.1 Å². The van der Waals surface area contributed by atoms with Crippen molar-refractivity contribution in [1.82, 2.24) is 14.5 Å². The molecule has 0 aliphatic heterocycles. The van der Waals surface area contributed by atoms with Crippen LogP contribution < -0.4 is 10.6 Å². The molecule has 0 saturated carbocycles. The van der Waals surface area contributed by atoms with Gasteiger partial charge in [-0.3, -0.25) is 5.32 Å². The fourth-order valence-corrected chi connectivity index (χ4v) is 1.76. The normalized spacial score (nSPS) is 9.64. The summed E-state index contributed by atoms with van der Waals surface area (Å²) in [7, 11) is 6.00. The minimum Gasteiger partial charge on any atom is -0.476 e. The van der Waals surface area contributed by atoms with Gasteiger partial charge in [-0.2, -0.15) is 0 Å². The van der Waals surface area contributed by atoms with Gasteiger partial charge in [-0.1, -0.05) is 22.7 Å². The van der Waals surface area contributed by atoms with E-state index in [0.29, 0.717) is 5.69 Å². The maximum atomic E-state index is 11.6. The summed E-state index contributed by atoms with van der Waals surface area (Å²) in [6.45, 7) is 0. The third-order valence-corrected chi connectivity index (χ3v) is 2.59. The molecule has 0 saturated heterocycles. The van der Waals surface area contributed by atoms with Gasteiger partial charge in [0.15, 0.2) is 5.00 Å². The van der Waals surface area contributed by atoms with Crippen LogP contribution >= 0.6 is 11.5 Å². The van der Waals surface area contributed by atoms with E-state index in [0.717, 1.165) is 11.5 Å². The molecule has 0 radical (unpaired) electrons. The quantitative estimate of drug-likeness (QED) is 0.798. The molecule has 0 fully saturated rings. The van der Waals surface area contributed by atoms with E-state index in [2.05, 4.69) is 20.2 Å². The lowest BCUT2D eigenvalue weighted by Gasteiger charge is -2.05. The van der Waals surface area contributed by atoms with Gasteiger partial charge in [0, 0.05) is 17.2 Å². The average Bonchev–Trinajstić information content (AvgIpc) is 2.87. The van der Waals surface area contributed by atoms with Crippen molar-refractivity contribution in [2.24, 2.45) is 0 Å². The highest BCUT2D eigenvalue weighted by molar-refractivity contribution is 7.10. The summed E-state index contributed by atoms with van der Waals surface area (Å²) < 4.78 is 3.47. The van der Waals surface area contributed by atoms with E-state index in [1.54, 1.807) is 24.3 Å². The molecule has 8 nitrogen and oxygen atoms in total. The van der Waals surface area contributed by atoms with E-state index in [1.165, 1.54) is 0 Å². The molecule has 3 N–H and O–H groups in total. The first kappa shape index (κ1) is 17.5. The number of amides is 2. The molecule has 9 heteroatoms. The van der Waals surface area contributed by atoms with Crippen LogP contribution in [0.3, 0.4) is 0 Å². The van der Waals surface area contributed by atoms with Gasteiger partial charge in [-0.05, 0) is 33.3 Å². The van der Waals surface area contributed by atoms with Crippen LogP contribution in [0, 0.1) is 0 Å². The van der Waals surface area contributed by atoms with Crippen LogP contribution in [0.25, 0.3) is 0 Å². The van der Waals surface area contributed by atoms with Gasteiger partial charge in [-0.25, -0.2) is 9.59 Å². The highest BCUT2D eigenvalue weighted by atomic mass is 32.1. The number of anilines is 2. The van der Waals surface area contributed by atoms with Gasteiger partial charge in [0.05, 0.1) is 0 Å². The molecule has 1 heterocycles. The number of aromatic carboxylic acids is 1. The van der Waals surface area contributed by atoms with Crippen molar-refractivity contribution in [2.75, 3.05) is 31.8 Å². The Hall–Kier alpha value is -2.52. The molecule has 1 aromatic carbocycles. The van der Waals surface area contributed by atoms with Crippen molar-refractivity contribution in [3.8, 4) is 0 Å². The summed E-state index contributed by atoms with van der Waals surface area (Å²) in [6, 6.07) is 8.23. The average molecular weight is 323 g/mol. The number of hydrogen-bond acceptors (Lipinski definition) is 6. The van der Waals surface area contributed by atoms with Crippen molar-refractivity contribution in [3.05, 3.63) is 36.0 Å². The molecule has 22 heavy (non-hydrogen) atoms. The molecule has 0 aliphatic rings. The summed E-state index contributed by atoms with van der Waals surface area (Å²) in [5, 5.41) is 17.2. The number of nitrogens with one attached hydrogen (secondary N) is 2. The van der Waals surface area contributed by atoms with Gasteiger partial charge in [0.1, 0.15) is 0 Å². The maximum absolute atomic E-state index is 11.6. The Morgan fingerprint density at radius 2 is 1.73 bits per heavy atom. The van der Waals surface area contributed by atoms with E-state index >= 15 is 0 Å². The molecule has 2 rings (SSSR count). The van der Waals surface area contributed by atoms with Gasteiger partial charge in [0.25, 0.3) is 0 Å². The predicted molar refractivity (Wildman–Crippen MR) is 85.6 cm³/mol. The molecular formula is C13H17N5O3S. The molecule has 0 bridgehead atoms. The maximum Gasteiger partial charge on any atom is 0.359 e. The number of benzene rings is 1. The van der Waals surface area contributed by atoms with Crippen molar-refractivity contribution in [2.45, 2.75) is 0 Å². The zero-order valence-electron chi connectivity index (χ0n) is 12.4. The number of rotatable bonds is 3. The zero-order valence-corrected chi connectivity index (χ0v) is 13.2. The van der Waals surface area contributed by atoms with Crippen molar-refractivity contribution >= 4 is 34.2 Å². The zero-order chi connectivity index (χ0) is 16.5. The molecule has 118 valence electrons.